The summed E-state index contributed by atoms with van der Waals surface area (Å²) >= 11 is -2.32. The molecule has 1 aromatic carbocycles. The molecule has 0 N–H and O–H groups in total. The summed E-state index contributed by atoms with van der Waals surface area (Å²) in [4.78, 5) is 3.96. The standard InChI is InChI=1S/C10H7N3O2S/c11-6-8-5-9(16(14)15)1-2-10(8)13-4-3-12-7-13/h1-5,7H,(H,14,15)/p-1. The van der Waals surface area contributed by atoms with Crippen molar-refractivity contribution in [1.29, 1.82) is 5.26 Å². The van der Waals surface area contributed by atoms with Gasteiger partial charge in [-0.2, -0.15) is 5.26 Å². The molecule has 1 heterocycles. The molecule has 0 radical (unpaired) electrons. The molecule has 1 unspecified atom stereocenters. The lowest BCUT2D eigenvalue weighted by atomic mass is 10.2. The summed E-state index contributed by atoms with van der Waals surface area (Å²) in [6, 6.07) is 6.31. The summed E-state index contributed by atoms with van der Waals surface area (Å²) in [6.07, 6.45) is 4.81. The van der Waals surface area contributed by atoms with Gasteiger partial charge in [-0.05, 0) is 29.3 Å². The first-order valence-electron chi connectivity index (χ1n) is 4.34. The molecule has 0 aliphatic heterocycles. The van der Waals surface area contributed by atoms with Crippen molar-refractivity contribution in [3.8, 4) is 11.8 Å². The molecule has 0 saturated heterocycles. The molecule has 0 bridgehead atoms. The summed E-state index contributed by atoms with van der Waals surface area (Å²) in [7, 11) is 0. The van der Waals surface area contributed by atoms with E-state index in [2.05, 4.69) is 4.98 Å². The number of imidazole rings is 1. The quantitative estimate of drug-likeness (QED) is 0.723. The third-order valence-corrected chi connectivity index (χ3v) is 2.70. The smallest absolute Gasteiger partial charge is 0.101 e. The molecule has 0 fully saturated rings. The Morgan fingerprint density at radius 3 is 2.88 bits per heavy atom. The van der Waals surface area contributed by atoms with Crippen LogP contribution in [0, 0.1) is 11.3 Å². The van der Waals surface area contributed by atoms with Crippen LogP contribution < -0.4 is 0 Å². The number of hydrogen-bond acceptors (Lipinski definition) is 4. The summed E-state index contributed by atoms with van der Waals surface area (Å²) in [5.74, 6) is 0. The van der Waals surface area contributed by atoms with Gasteiger partial charge in [-0.3, -0.25) is 4.21 Å². The largest absolute Gasteiger partial charge is 0.768 e. The lowest BCUT2D eigenvalue weighted by molar-refractivity contribution is 0.537. The molecule has 0 saturated carbocycles. The minimum absolute atomic E-state index is 0.0976. The summed E-state index contributed by atoms with van der Waals surface area (Å²) in [6.45, 7) is 0. The van der Waals surface area contributed by atoms with Crippen LogP contribution in [0.5, 0.6) is 0 Å². The van der Waals surface area contributed by atoms with E-state index < -0.39 is 11.1 Å². The highest BCUT2D eigenvalue weighted by Crippen LogP contribution is 2.17. The van der Waals surface area contributed by atoms with Crippen LogP contribution in [0.3, 0.4) is 0 Å². The van der Waals surface area contributed by atoms with Crippen LogP contribution in [0.4, 0.5) is 0 Å². The molecule has 0 spiro atoms. The zero-order valence-corrected chi connectivity index (χ0v) is 8.85. The van der Waals surface area contributed by atoms with Gasteiger partial charge in [0.2, 0.25) is 0 Å². The Morgan fingerprint density at radius 2 is 2.31 bits per heavy atom. The van der Waals surface area contributed by atoms with Crippen molar-refractivity contribution in [3.05, 3.63) is 42.5 Å². The molecule has 0 aliphatic rings. The second-order valence-corrected chi connectivity index (χ2v) is 3.94. The Balaban J connectivity index is 2.57. The maximum absolute atomic E-state index is 10.7. The van der Waals surface area contributed by atoms with Crippen molar-refractivity contribution < 1.29 is 8.76 Å². The molecule has 0 amide bonds. The number of nitriles is 1. The average Bonchev–Trinajstić information content (AvgIpc) is 2.81. The molecular formula is C10H6N3O2S-. The maximum Gasteiger partial charge on any atom is 0.101 e. The normalized spacial score (nSPS) is 12.0. The zero-order valence-electron chi connectivity index (χ0n) is 8.03. The van der Waals surface area contributed by atoms with Crippen molar-refractivity contribution in [1.82, 2.24) is 9.55 Å². The van der Waals surface area contributed by atoms with E-state index in [0.717, 1.165) is 0 Å². The van der Waals surface area contributed by atoms with E-state index in [1.54, 1.807) is 29.4 Å². The summed E-state index contributed by atoms with van der Waals surface area (Å²) < 4.78 is 23.1. The van der Waals surface area contributed by atoms with Crippen molar-refractivity contribution >= 4 is 11.1 Å². The van der Waals surface area contributed by atoms with Gasteiger partial charge in [0.05, 0.1) is 17.6 Å². The van der Waals surface area contributed by atoms with Crippen molar-refractivity contribution in [3.63, 3.8) is 0 Å². The Bertz CT molecular complexity index is 572. The fourth-order valence-corrected chi connectivity index (χ4v) is 1.73. The highest BCUT2D eigenvalue weighted by Gasteiger charge is 2.05. The van der Waals surface area contributed by atoms with Gasteiger partial charge in [0.25, 0.3) is 0 Å². The van der Waals surface area contributed by atoms with E-state index in [-0.39, 0.29) is 4.90 Å². The monoisotopic (exact) mass is 232 g/mol. The number of rotatable bonds is 2. The number of benzene rings is 1. The third kappa shape index (κ3) is 1.86. The van der Waals surface area contributed by atoms with Crippen molar-refractivity contribution in [2.45, 2.75) is 4.90 Å². The minimum atomic E-state index is -2.32. The molecule has 0 aliphatic carbocycles. The van der Waals surface area contributed by atoms with E-state index in [0.29, 0.717) is 11.3 Å². The Kier molecular flexibility index (Phi) is 2.81. The molecule has 1 aromatic heterocycles. The first kappa shape index (κ1) is 10.5. The van der Waals surface area contributed by atoms with E-state index in [1.807, 2.05) is 6.07 Å². The van der Waals surface area contributed by atoms with Gasteiger partial charge in [-0.25, -0.2) is 4.98 Å². The predicted octanol–water partition coefficient (Wildman–Crippen LogP) is 0.982. The lowest BCUT2D eigenvalue weighted by Gasteiger charge is -2.09. The van der Waals surface area contributed by atoms with Crippen LogP contribution >= 0.6 is 0 Å². The van der Waals surface area contributed by atoms with E-state index >= 15 is 0 Å². The van der Waals surface area contributed by atoms with Gasteiger partial charge in [0.1, 0.15) is 6.07 Å². The molecule has 80 valence electrons. The molecular weight excluding hydrogens is 226 g/mol. The second kappa shape index (κ2) is 4.26. The van der Waals surface area contributed by atoms with Crippen LogP contribution in [-0.4, -0.2) is 18.3 Å². The number of nitrogens with zero attached hydrogens (tertiary/aromatic N) is 3. The minimum Gasteiger partial charge on any atom is -0.768 e. The summed E-state index contributed by atoms with van der Waals surface area (Å²) in [5, 5.41) is 8.94. The highest BCUT2D eigenvalue weighted by molar-refractivity contribution is 7.79. The van der Waals surface area contributed by atoms with Gasteiger partial charge in [-0.15, -0.1) is 0 Å². The third-order valence-electron chi connectivity index (χ3n) is 2.06. The van der Waals surface area contributed by atoms with E-state index in [4.69, 9.17) is 5.26 Å². The fraction of sp³-hybridized carbons (Fsp3) is 0. The molecule has 1 atom stereocenters. The van der Waals surface area contributed by atoms with Crippen LogP contribution in [0.15, 0.2) is 41.8 Å². The van der Waals surface area contributed by atoms with Gasteiger partial charge in [-0.1, -0.05) is 0 Å². The zero-order chi connectivity index (χ0) is 11.5. The van der Waals surface area contributed by atoms with Crippen LogP contribution in [0.2, 0.25) is 0 Å². The Hall–Kier alpha value is -1.97. The summed E-state index contributed by atoms with van der Waals surface area (Å²) in [5.41, 5.74) is 0.897. The first-order chi connectivity index (χ1) is 7.72. The van der Waals surface area contributed by atoms with Crippen molar-refractivity contribution in [2.24, 2.45) is 0 Å². The lowest BCUT2D eigenvalue weighted by Crippen LogP contribution is -1.97. The van der Waals surface area contributed by atoms with Crippen LogP contribution in [-0.2, 0) is 11.1 Å². The highest BCUT2D eigenvalue weighted by atomic mass is 32.2. The van der Waals surface area contributed by atoms with Crippen LogP contribution in [0.25, 0.3) is 5.69 Å². The molecule has 16 heavy (non-hydrogen) atoms. The average molecular weight is 232 g/mol. The molecule has 6 heteroatoms. The van der Waals surface area contributed by atoms with Gasteiger partial charge >= 0.3 is 0 Å². The molecule has 2 aromatic rings. The van der Waals surface area contributed by atoms with Crippen LogP contribution in [0.1, 0.15) is 5.56 Å². The maximum atomic E-state index is 10.7. The van der Waals surface area contributed by atoms with E-state index in [1.165, 1.54) is 12.1 Å². The Labute approximate surface area is 94.3 Å². The number of hydrogen-bond donors (Lipinski definition) is 0. The molecule has 5 nitrogen and oxygen atoms in total. The fourth-order valence-electron chi connectivity index (χ4n) is 1.34. The predicted molar refractivity (Wildman–Crippen MR) is 55.5 cm³/mol. The number of aromatic nitrogens is 2. The van der Waals surface area contributed by atoms with Crippen molar-refractivity contribution in [2.75, 3.05) is 0 Å². The van der Waals surface area contributed by atoms with Gasteiger partial charge in [0, 0.05) is 17.3 Å². The Morgan fingerprint density at radius 1 is 1.50 bits per heavy atom. The second-order valence-electron chi connectivity index (χ2n) is 3.00. The van der Waals surface area contributed by atoms with Gasteiger partial charge in [0.15, 0.2) is 0 Å². The SMILES string of the molecule is N#Cc1cc(S(=O)[O-])ccc1-n1ccnc1. The topological polar surface area (TPSA) is 81.7 Å². The molecule has 2 rings (SSSR count). The first-order valence-corrected chi connectivity index (χ1v) is 5.41. The van der Waals surface area contributed by atoms with Gasteiger partial charge < -0.3 is 9.12 Å². The van der Waals surface area contributed by atoms with E-state index in [9.17, 15) is 8.76 Å².